The fourth-order valence-electron chi connectivity index (χ4n) is 3.95. The molecule has 1 aromatic carbocycles. The maximum atomic E-state index is 13.4. The van der Waals surface area contributed by atoms with E-state index < -0.39 is 23.9 Å². The number of methoxy groups -OCH3 is 1. The molecular formula is C25H27FN2O6. The third kappa shape index (κ3) is 5.70. The minimum absolute atomic E-state index is 0.0789. The third-order valence-corrected chi connectivity index (χ3v) is 6.01. The minimum atomic E-state index is -0.967. The number of aromatic nitrogens is 1. The van der Waals surface area contributed by atoms with Crippen LogP contribution in [0.2, 0.25) is 0 Å². The van der Waals surface area contributed by atoms with Gasteiger partial charge in [-0.25, -0.2) is 14.2 Å². The molecule has 1 N–H and O–H groups in total. The van der Waals surface area contributed by atoms with E-state index in [9.17, 15) is 18.8 Å². The Morgan fingerprint density at radius 3 is 2.71 bits per heavy atom. The number of ether oxygens (including phenoxy) is 3. The number of nitrogens with zero attached hydrogens (tertiary/aromatic N) is 1. The summed E-state index contributed by atoms with van der Waals surface area (Å²) in [4.78, 5) is 41.8. The Hall–Kier alpha value is -3.49. The van der Waals surface area contributed by atoms with E-state index >= 15 is 0 Å². The van der Waals surface area contributed by atoms with Crippen molar-refractivity contribution in [2.24, 2.45) is 5.92 Å². The molecule has 0 radical (unpaired) electrons. The summed E-state index contributed by atoms with van der Waals surface area (Å²) in [6.45, 7) is 1.51. The molecule has 0 aliphatic heterocycles. The number of pyridine rings is 1. The Labute approximate surface area is 196 Å². The van der Waals surface area contributed by atoms with Gasteiger partial charge in [0.2, 0.25) is 5.75 Å². The number of rotatable bonds is 8. The molecule has 0 saturated heterocycles. The van der Waals surface area contributed by atoms with E-state index in [2.05, 4.69) is 10.3 Å². The topological polar surface area (TPSA) is 104 Å². The zero-order valence-corrected chi connectivity index (χ0v) is 19.1. The number of benzene rings is 1. The molecule has 1 unspecified atom stereocenters. The van der Waals surface area contributed by atoms with Gasteiger partial charge in [-0.1, -0.05) is 6.07 Å². The van der Waals surface area contributed by atoms with Crippen LogP contribution in [0.15, 0.2) is 30.5 Å². The lowest BCUT2D eigenvalue weighted by molar-refractivity contribution is -0.151. The average molecular weight is 470 g/mol. The first kappa shape index (κ1) is 23.7. The van der Waals surface area contributed by atoms with Gasteiger partial charge in [0, 0.05) is 25.1 Å². The standard InChI is InChI=1S/C25H27FN2O6/c1-14(25(31)33-19-8-6-16-12-18(26)7-5-17(16)13-19)28-24(30)22-23(20(32-2)9-10-27-22)34-21(29)11-15-3-4-15/h5,7,9-10,12,14-15,19H,3-4,6,8,11,13H2,1-2H3,(H,28,30)/t14-,19?/m0/s1. The van der Waals surface area contributed by atoms with Gasteiger partial charge in [-0.3, -0.25) is 9.59 Å². The highest BCUT2D eigenvalue weighted by atomic mass is 19.1. The summed E-state index contributed by atoms with van der Waals surface area (Å²) in [5, 5.41) is 2.56. The van der Waals surface area contributed by atoms with Crippen LogP contribution in [-0.4, -0.2) is 42.1 Å². The molecule has 0 bridgehead atoms. The molecule has 2 aliphatic carbocycles. The predicted molar refractivity (Wildman–Crippen MR) is 119 cm³/mol. The summed E-state index contributed by atoms with van der Waals surface area (Å²) >= 11 is 0. The fourth-order valence-corrected chi connectivity index (χ4v) is 3.95. The molecule has 4 rings (SSSR count). The molecule has 2 aromatic rings. The Kier molecular flexibility index (Phi) is 7.09. The van der Waals surface area contributed by atoms with Crippen molar-refractivity contribution < 1.29 is 33.0 Å². The number of carbonyl (C=O) groups excluding carboxylic acids is 3. The summed E-state index contributed by atoms with van der Waals surface area (Å²) in [5.74, 6) is -1.61. The van der Waals surface area contributed by atoms with Crippen LogP contribution < -0.4 is 14.8 Å². The number of carbonyl (C=O) groups is 3. The van der Waals surface area contributed by atoms with Gasteiger partial charge in [0.05, 0.1) is 7.11 Å². The van der Waals surface area contributed by atoms with E-state index in [-0.39, 0.29) is 35.5 Å². The second-order valence-electron chi connectivity index (χ2n) is 8.72. The summed E-state index contributed by atoms with van der Waals surface area (Å²) in [7, 11) is 1.39. The van der Waals surface area contributed by atoms with Gasteiger partial charge in [-0.15, -0.1) is 0 Å². The Morgan fingerprint density at radius 1 is 1.18 bits per heavy atom. The highest BCUT2D eigenvalue weighted by Gasteiger charge is 2.30. The summed E-state index contributed by atoms with van der Waals surface area (Å²) in [5.41, 5.74) is 1.71. The Morgan fingerprint density at radius 2 is 1.97 bits per heavy atom. The van der Waals surface area contributed by atoms with Crippen LogP contribution in [-0.2, 0) is 27.2 Å². The number of aryl methyl sites for hydroxylation is 1. The van der Waals surface area contributed by atoms with Gasteiger partial charge in [0.15, 0.2) is 11.4 Å². The molecule has 0 spiro atoms. The zero-order valence-electron chi connectivity index (χ0n) is 19.1. The maximum Gasteiger partial charge on any atom is 0.328 e. The van der Waals surface area contributed by atoms with Crippen molar-refractivity contribution in [1.82, 2.24) is 10.3 Å². The predicted octanol–water partition coefficient (Wildman–Crippen LogP) is 3.15. The summed E-state index contributed by atoms with van der Waals surface area (Å²) in [6.07, 6.45) is 4.89. The molecular weight excluding hydrogens is 443 g/mol. The summed E-state index contributed by atoms with van der Waals surface area (Å²) < 4.78 is 29.6. The van der Waals surface area contributed by atoms with Crippen molar-refractivity contribution in [2.75, 3.05) is 7.11 Å². The molecule has 9 heteroatoms. The number of halogens is 1. The van der Waals surface area contributed by atoms with Crippen molar-refractivity contribution in [1.29, 1.82) is 0 Å². The molecule has 2 atom stereocenters. The van der Waals surface area contributed by atoms with E-state index in [1.165, 1.54) is 38.4 Å². The van der Waals surface area contributed by atoms with Crippen molar-refractivity contribution in [2.45, 2.75) is 57.6 Å². The highest BCUT2D eigenvalue weighted by molar-refractivity contribution is 5.98. The first-order chi connectivity index (χ1) is 16.3. The Bertz CT molecular complexity index is 1100. The van der Waals surface area contributed by atoms with Crippen molar-refractivity contribution >= 4 is 17.8 Å². The van der Waals surface area contributed by atoms with Crippen LogP contribution in [0.5, 0.6) is 11.5 Å². The maximum absolute atomic E-state index is 13.4. The molecule has 1 fully saturated rings. The lowest BCUT2D eigenvalue weighted by Gasteiger charge is -2.26. The molecule has 1 aromatic heterocycles. The highest BCUT2D eigenvalue weighted by Crippen LogP contribution is 2.35. The smallest absolute Gasteiger partial charge is 0.328 e. The SMILES string of the molecule is COc1ccnc(C(=O)N[C@@H](C)C(=O)OC2CCc3cc(F)ccc3C2)c1OC(=O)CC1CC1. The fraction of sp³-hybridized carbons (Fsp3) is 0.440. The lowest BCUT2D eigenvalue weighted by Crippen LogP contribution is -2.42. The van der Waals surface area contributed by atoms with Gasteiger partial charge in [0.25, 0.3) is 5.91 Å². The number of amides is 1. The van der Waals surface area contributed by atoms with E-state index in [1.54, 1.807) is 6.07 Å². The average Bonchev–Trinajstić information content (AvgIpc) is 3.63. The van der Waals surface area contributed by atoms with Crippen molar-refractivity contribution in [3.8, 4) is 11.5 Å². The van der Waals surface area contributed by atoms with Crippen molar-refractivity contribution in [3.63, 3.8) is 0 Å². The molecule has 8 nitrogen and oxygen atoms in total. The lowest BCUT2D eigenvalue weighted by atomic mass is 9.89. The van der Waals surface area contributed by atoms with Gasteiger partial charge < -0.3 is 19.5 Å². The van der Waals surface area contributed by atoms with Gasteiger partial charge >= 0.3 is 11.9 Å². The monoisotopic (exact) mass is 470 g/mol. The van der Waals surface area contributed by atoms with Crippen LogP contribution in [0.4, 0.5) is 4.39 Å². The van der Waals surface area contributed by atoms with Gasteiger partial charge in [-0.05, 0) is 61.8 Å². The van der Waals surface area contributed by atoms with Crippen LogP contribution in [0.1, 0.15) is 54.2 Å². The normalized spacial score (nSPS) is 17.8. The van der Waals surface area contributed by atoms with E-state index in [0.717, 1.165) is 24.0 Å². The number of hydrogen-bond donors (Lipinski definition) is 1. The number of hydrogen-bond acceptors (Lipinski definition) is 7. The minimum Gasteiger partial charge on any atom is -0.493 e. The number of nitrogens with one attached hydrogen (secondary N) is 1. The van der Waals surface area contributed by atoms with Gasteiger partial charge in [0.1, 0.15) is 18.0 Å². The first-order valence-electron chi connectivity index (χ1n) is 11.4. The van der Waals surface area contributed by atoms with E-state index in [1.807, 2.05) is 0 Å². The third-order valence-electron chi connectivity index (χ3n) is 6.01. The molecule has 1 saturated carbocycles. The van der Waals surface area contributed by atoms with Crippen LogP contribution in [0.25, 0.3) is 0 Å². The van der Waals surface area contributed by atoms with E-state index in [4.69, 9.17) is 14.2 Å². The largest absolute Gasteiger partial charge is 0.493 e. The van der Waals surface area contributed by atoms with Crippen molar-refractivity contribution in [3.05, 3.63) is 53.1 Å². The second-order valence-corrected chi connectivity index (χ2v) is 8.72. The van der Waals surface area contributed by atoms with Crippen LogP contribution in [0.3, 0.4) is 0 Å². The quantitative estimate of drug-likeness (QED) is 0.591. The molecule has 1 amide bonds. The first-order valence-corrected chi connectivity index (χ1v) is 11.4. The van der Waals surface area contributed by atoms with Crippen LogP contribution in [0, 0.1) is 11.7 Å². The second kappa shape index (κ2) is 10.2. The molecule has 2 aliphatic rings. The number of fused-ring (bicyclic) bond motifs is 1. The molecule has 34 heavy (non-hydrogen) atoms. The van der Waals surface area contributed by atoms with Gasteiger partial charge in [-0.2, -0.15) is 0 Å². The van der Waals surface area contributed by atoms with E-state index in [0.29, 0.717) is 25.2 Å². The Balaban J connectivity index is 1.38. The molecule has 180 valence electrons. The zero-order chi connectivity index (χ0) is 24.2. The van der Waals surface area contributed by atoms with Crippen LogP contribution >= 0.6 is 0 Å². The number of esters is 2. The molecule has 1 heterocycles. The summed E-state index contributed by atoms with van der Waals surface area (Å²) in [6, 6.07) is 5.12.